The molecule has 0 spiro atoms. The molecular weight excluding hydrogens is 397 g/mol. The van der Waals surface area contributed by atoms with Gasteiger partial charge in [0.2, 0.25) is 0 Å². The maximum atomic E-state index is 12.7. The predicted molar refractivity (Wildman–Crippen MR) is 110 cm³/mol. The Balaban J connectivity index is 0.00000280. The molecule has 0 bridgehead atoms. The van der Waals surface area contributed by atoms with Crippen molar-refractivity contribution in [2.24, 2.45) is 13.0 Å². The van der Waals surface area contributed by atoms with E-state index in [-0.39, 0.29) is 41.4 Å². The summed E-state index contributed by atoms with van der Waals surface area (Å²) < 4.78 is 36.3. The summed E-state index contributed by atoms with van der Waals surface area (Å²) in [7, 11) is -3.37. The van der Waals surface area contributed by atoms with Crippen LogP contribution in [-0.4, -0.2) is 45.9 Å². The maximum absolute atomic E-state index is 12.7. The molecule has 0 aliphatic rings. The Hall–Kier alpha value is -1.70. The van der Waals surface area contributed by atoms with Crippen LogP contribution in [0.25, 0.3) is 10.2 Å². The molecule has 0 fully saturated rings. The second-order valence-electron chi connectivity index (χ2n) is 6.70. The molecule has 3 aromatic rings. The van der Waals surface area contributed by atoms with E-state index in [9.17, 15) is 22.6 Å². The Labute approximate surface area is 177 Å². The molecule has 3 rings (SSSR count). The molecule has 28 heavy (non-hydrogen) atoms. The first-order valence-corrected chi connectivity index (χ1v) is 10.5. The molecular formula is C17H20LiN3O5S2. The Kier molecular flexibility index (Phi) is 6.73. The normalized spacial score (nSPS) is 11.8. The Morgan fingerprint density at radius 3 is 2.50 bits per heavy atom. The number of aromatic nitrogens is 3. The molecule has 0 saturated heterocycles. The van der Waals surface area contributed by atoms with Gasteiger partial charge in [0.15, 0.2) is 0 Å². The van der Waals surface area contributed by atoms with Crippen LogP contribution in [-0.2, 0) is 30.1 Å². The molecule has 8 nitrogen and oxygen atoms in total. The predicted octanol–water partition coefficient (Wildman–Crippen LogP) is 1.00. The van der Waals surface area contributed by atoms with Gasteiger partial charge in [0, 0.05) is 37.3 Å². The number of rotatable bonds is 5. The topological polar surface area (TPSA) is 111 Å². The van der Waals surface area contributed by atoms with E-state index in [2.05, 4.69) is 4.98 Å². The molecule has 0 atom stereocenters. The number of pyridine rings is 1. The summed E-state index contributed by atoms with van der Waals surface area (Å²) >= 11 is 1.03. The molecule has 3 heterocycles. The number of hydrogen-bond acceptors (Lipinski definition) is 6. The summed E-state index contributed by atoms with van der Waals surface area (Å²) in [5.41, 5.74) is -0.530. The molecule has 3 aromatic heterocycles. The molecule has 146 valence electrons. The minimum absolute atomic E-state index is 0. The quantitative estimate of drug-likeness (QED) is 0.490. The fourth-order valence-electron chi connectivity index (χ4n) is 2.96. The van der Waals surface area contributed by atoms with Crippen molar-refractivity contribution in [2.45, 2.75) is 31.7 Å². The van der Waals surface area contributed by atoms with Crippen LogP contribution in [0.4, 0.5) is 0 Å². The molecule has 11 heteroatoms. The molecule has 0 aliphatic carbocycles. The van der Waals surface area contributed by atoms with Crippen molar-refractivity contribution in [1.29, 1.82) is 0 Å². The van der Waals surface area contributed by atoms with Crippen LogP contribution in [0.3, 0.4) is 0 Å². The summed E-state index contributed by atoms with van der Waals surface area (Å²) in [6, 6.07) is 3.48. The van der Waals surface area contributed by atoms with Gasteiger partial charge in [0.05, 0.1) is 5.39 Å². The summed E-state index contributed by atoms with van der Waals surface area (Å²) in [5.74, 6) is 0.0986. The van der Waals surface area contributed by atoms with E-state index in [0.29, 0.717) is 11.4 Å². The van der Waals surface area contributed by atoms with Crippen LogP contribution in [0.5, 0.6) is 0 Å². The molecule has 0 unspecified atom stereocenters. The third-order valence-electron chi connectivity index (χ3n) is 4.09. The van der Waals surface area contributed by atoms with E-state index in [1.807, 2.05) is 13.8 Å². The van der Waals surface area contributed by atoms with E-state index in [1.54, 1.807) is 24.5 Å². The fraction of sp³-hybridized carbons (Fsp3) is 0.353. The van der Waals surface area contributed by atoms with Crippen LogP contribution in [0.2, 0.25) is 0 Å². The zero-order chi connectivity index (χ0) is 19.9. The molecule has 0 aromatic carbocycles. The van der Waals surface area contributed by atoms with Crippen LogP contribution in [0.1, 0.15) is 24.3 Å². The van der Waals surface area contributed by atoms with E-state index in [0.717, 1.165) is 21.5 Å². The van der Waals surface area contributed by atoms with Gasteiger partial charge in [0.25, 0.3) is 15.7 Å². The summed E-state index contributed by atoms with van der Waals surface area (Å²) in [4.78, 5) is 29.4. The second kappa shape index (κ2) is 8.35. The van der Waals surface area contributed by atoms with E-state index in [1.165, 1.54) is 11.6 Å². The van der Waals surface area contributed by atoms with Crippen molar-refractivity contribution in [3.05, 3.63) is 55.8 Å². The molecule has 0 saturated carbocycles. The first kappa shape index (κ1) is 22.6. The minimum atomic E-state index is -4.67. The van der Waals surface area contributed by atoms with Crippen molar-refractivity contribution < 1.29 is 13.0 Å². The number of hydrogen-bond donors (Lipinski definition) is 1. The second-order valence-corrected chi connectivity index (χ2v) is 9.14. The Morgan fingerprint density at radius 2 is 1.96 bits per heavy atom. The van der Waals surface area contributed by atoms with Gasteiger partial charge in [-0.25, -0.2) is 4.79 Å². The van der Waals surface area contributed by atoms with Crippen molar-refractivity contribution >= 4 is 50.5 Å². The van der Waals surface area contributed by atoms with E-state index >= 15 is 0 Å². The van der Waals surface area contributed by atoms with Crippen LogP contribution < -0.4 is 11.2 Å². The summed E-state index contributed by atoms with van der Waals surface area (Å²) in [6.45, 7) is 4.15. The first-order chi connectivity index (χ1) is 12.6. The van der Waals surface area contributed by atoms with Gasteiger partial charge in [-0.05, 0) is 17.5 Å². The summed E-state index contributed by atoms with van der Waals surface area (Å²) in [6.07, 6.45) is 3.34. The SMILES string of the molecule is CC(C)Cn1c(=O)n(C)c(=O)c2c(S(=O)(=O)O)c(Cc3cccnc3)sc21.[LiH]. The molecule has 0 amide bonds. The first-order valence-electron chi connectivity index (χ1n) is 8.22. The van der Waals surface area contributed by atoms with Gasteiger partial charge in [-0.15, -0.1) is 11.3 Å². The number of thiophene rings is 1. The van der Waals surface area contributed by atoms with Crippen LogP contribution >= 0.6 is 11.3 Å². The molecule has 0 aliphatic heterocycles. The van der Waals surface area contributed by atoms with Crippen molar-refractivity contribution in [1.82, 2.24) is 14.1 Å². The van der Waals surface area contributed by atoms with E-state index in [4.69, 9.17) is 0 Å². The van der Waals surface area contributed by atoms with Crippen molar-refractivity contribution in [3.8, 4) is 0 Å². The van der Waals surface area contributed by atoms with Crippen molar-refractivity contribution in [3.63, 3.8) is 0 Å². The van der Waals surface area contributed by atoms with Crippen molar-refractivity contribution in [2.75, 3.05) is 0 Å². The average molecular weight is 417 g/mol. The third-order valence-corrected chi connectivity index (χ3v) is 6.40. The van der Waals surface area contributed by atoms with Gasteiger partial charge in [-0.2, -0.15) is 8.42 Å². The zero-order valence-corrected chi connectivity index (χ0v) is 16.7. The van der Waals surface area contributed by atoms with E-state index < -0.39 is 26.3 Å². The fourth-order valence-corrected chi connectivity index (χ4v) is 5.48. The molecule has 0 radical (unpaired) electrons. The standard InChI is InChI=1S/C17H19N3O5S2.Li.H/c1-10(2)9-20-16-13(15(21)19(3)17(20)22)14(27(23,24)25)12(26-16)7-11-5-4-6-18-8-11;;/h4-6,8,10H,7,9H2,1-3H3,(H,23,24,25);;. The Morgan fingerprint density at radius 1 is 1.29 bits per heavy atom. The number of nitrogens with zero attached hydrogens (tertiary/aromatic N) is 3. The van der Waals surface area contributed by atoms with Gasteiger partial charge in [0.1, 0.15) is 9.73 Å². The number of fused-ring (bicyclic) bond motifs is 1. The van der Waals surface area contributed by atoms with Gasteiger partial charge < -0.3 is 0 Å². The van der Waals surface area contributed by atoms with Crippen LogP contribution in [0, 0.1) is 5.92 Å². The third kappa shape index (κ3) is 4.16. The average Bonchev–Trinajstić information content (AvgIpc) is 2.97. The monoisotopic (exact) mass is 417 g/mol. The van der Waals surface area contributed by atoms with Gasteiger partial charge in [-0.3, -0.25) is 23.5 Å². The Bertz CT molecular complexity index is 1230. The molecule has 1 N–H and O–H groups in total. The summed E-state index contributed by atoms with van der Waals surface area (Å²) in [5, 5.41) is -0.149. The zero-order valence-electron chi connectivity index (χ0n) is 15.0. The van der Waals surface area contributed by atoms with Crippen LogP contribution in [0.15, 0.2) is 39.0 Å². The van der Waals surface area contributed by atoms with Gasteiger partial charge >= 0.3 is 24.6 Å². The van der Waals surface area contributed by atoms with Gasteiger partial charge in [-0.1, -0.05) is 19.9 Å².